The Labute approximate surface area is 111 Å². The topological polar surface area (TPSA) is 0 Å². The van der Waals surface area contributed by atoms with Crippen molar-refractivity contribution in [2.75, 3.05) is 11.0 Å². The molecule has 0 fully saturated rings. The monoisotopic (exact) mass is 290 g/mol. The van der Waals surface area contributed by atoms with Crippen LogP contribution in [-0.4, -0.2) is 27.2 Å². The van der Waals surface area contributed by atoms with Crippen molar-refractivity contribution in [1.29, 1.82) is 0 Å². The lowest BCUT2D eigenvalue weighted by Crippen LogP contribution is -2.47. The highest BCUT2D eigenvalue weighted by molar-refractivity contribution is 6.95. The Balaban J connectivity index is 3.00. The molecule has 16 heavy (non-hydrogen) atoms. The smallest absolute Gasteiger partial charge is 0.0959 e. The fourth-order valence-corrected chi connectivity index (χ4v) is 4.90. The Morgan fingerprint density at radius 1 is 0.750 bits per heavy atom. The van der Waals surface area contributed by atoms with Crippen LogP contribution in [0.2, 0.25) is 26.2 Å². The molecule has 1 aromatic rings. The minimum Gasteiger partial charge on any atom is -0.130 e. The van der Waals surface area contributed by atoms with Crippen LogP contribution in [0.15, 0.2) is 24.3 Å². The van der Waals surface area contributed by atoms with Gasteiger partial charge in [0.25, 0.3) is 0 Å². The summed E-state index contributed by atoms with van der Waals surface area (Å²) in [6, 6.07) is 9.02. The zero-order valence-electron chi connectivity index (χ0n) is 10.5. The molecule has 0 aromatic heterocycles. The van der Waals surface area contributed by atoms with Gasteiger partial charge in [-0.05, 0) is 0 Å². The molecule has 0 bridgehead atoms. The van der Waals surface area contributed by atoms with Gasteiger partial charge in [-0.3, -0.25) is 0 Å². The molecular weight excluding hydrogens is 271 g/mol. The van der Waals surface area contributed by atoms with Crippen LogP contribution in [0.4, 0.5) is 0 Å². The molecule has 0 heterocycles. The number of rotatable bonds is 4. The van der Waals surface area contributed by atoms with Crippen molar-refractivity contribution in [1.82, 2.24) is 0 Å². The van der Waals surface area contributed by atoms with E-state index in [4.69, 9.17) is 23.2 Å². The van der Waals surface area contributed by atoms with Gasteiger partial charge < -0.3 is 0 Å². The van der Waals surface area contributed by atoms with Crippen molar-refractivity contribution in [3.05, 3.63) is 24.3 Å². The fraction of sp³-hybridized carbons (Fsp3) is 0.500. The maximum absolute atomic E-state index is 6.03. The minimum absolute atomic E-state index is 0.780. The fourth-order valence-electron chi connectivity index (χ4n) is 1.53. The molecule has 0 spiro atoms. The van der Waals surface area contributed by atoms with E-state index in [-0.39, 0.29) is 0 Å². The Morgan fingerprint density at radius 2 is 1.00 bits per heavy atom. The number of halogens is 2. The van der Waals surface area contributed by atoms with Gasteiger partial charge in [-0.15, -0.1) is 23.2 Å². The standard InChI is InChI=1S/C12H20Cl2Si2/c1-15(2,9-13)11-5-7-12(8-6-11)16(3,4)10-14/h5-8H,9-10H2,1-4H3. The van der Waals surface area contributed by atoms with Gasteiger partial charge in [0, 0.05) is 11.0 Å². The molecule has 0 atom stereocenters. The van der Waals surface area contributed by atoms with Crippen LogP contribution in [0.1, 0.15) is 0 Å². The van der Waals surface area contributed by atoms with Crippen molar-refractivity contribution < 1.29 is 0 Å². The minimum atomic E-state index is -1.40. The van der Waals surface area contributed by atoms with Gasteiger partial charge in [-0.1, -0.05) is 60.8 Å². The third-order valence-electron chi connectivity index (χ3n) is 3.12. The number of alkyl halides is 2. The van der Waals surface area contributed by atoms with Gasteiger partial charge in [0.1, 0.15) is 0 Å². The second-order valence-electron chi connectivity index (χ2n) is 5.61. The lowest BCUT2D eigenvalue weighted by atomic mass is 10.4. The molecule has 0 aliphatic heterocycles. The quantitative estimate of drug-likeness (QED) is 0.591. The van der Waals surface area contributed by atoms with Crippen LogP contribution < -0.4 is 10.4 Å². The van der Waals surface area contributed by atoms with E-state index in [0.717, 1.165) is 11.0 Å². The van der Waals surface area contributed by atoms with E-state index in [1.54, 1.807) is 0 Å². The molecule has 1 rings (SSSR count). The predicted octanol–water partition coefficient (Wildman–Crippen LogP) is 3.07. The number of benzene rings is 1. The molecule has 0 saturated carbocycles. The average molecular weight is 291 g/mol. The van der Waals surface area contributed by atoms with Crippen LogP contribution in [0.25, 0.3) is 0 Å². The summed E-state index contributed by atoms with van der Waals surface area (Å²) in [4.78, 5) is 0. The summed E-state index contributed by atoms with van der Waals surface area (Å²) < 4.78 is 0. The summed E-state index contributed by atoms with van der Waals surface area (Å²) in [5, 5.41) is 2.87. The van der Waals surface area contributed by atoms with Crippen molar-refractivity contribution in [3.63, 3.8) is 0 Å². The first-order valence-electron chi connectivity index (χ1n) is 5.56. The van der Waals surface area contributed by atoms with Gasteiger partial charge in [-0.25, -0.2) is 0 Å². The van der Waals surface area contributed by atoms with Crippen molar-refractivity contribution in [3.8, 4) is 0 Å². The average Bonchev–Trinajstić information content (AvgIpc) is 2.29. The third-order valence-corrected chi connectivity index (χ3v) is 12.3. The Hall–Kier alpha value is 0.234. The maximum atomic E-state index is 6.03. The van der Waals surface area contributed by atoms with Gasteiger partial charge >= 0.3 is 0 Å². The zero-order chi connectivity index (χ0) is 12.4. The first-order valence-corrected chi connectivity index (χ1v) is 13.0. The van der Waals surface area contributed by atoms with E-state index in [1.807, 2.05) is 0 Å². The van der Waals surface area contributed by atoms with Crippen LogP contribution in [0, 0.1) is 0 Å². The molecule has 90 valence electrons. The predicted molar refractivity (Wildman–Crippen MR) is 82.1 cm³/mol. The van der Waals surface area contributed by atoms with Crippen molar-refractivity contribution in [2.45, 2.75) is 26.2 Å². The van der Waals surface area contributed by atoms with E-state index in [9.17, 15) is 0 Å². The maximum Gasteiger partial charge on any atom is 0.0959 e. The highest BCUT2D eigenvalue weighted by Gasteiger charge is 2.25. The van der Waals surface area contributed by atoms with E-state index in [1.165, 1.54) is 10.4 Å². The number of hydrogen-bond donors (Lipinski definition) is 0. The van der Waals surface area contributed by atoms with Crippen LogP contribution in [0.3, 0.4) is 0 Å². The lowest BCUT2D eigenvalue weighted by molar-refractivity contribution is 1.64. The summed E-state index contributed by atoms with van der Waals surface area (Å²) in [5.74, 6) is 0. The molecule has 0 unspecified atom stereocenters. The van der Waals surface area contributed by atoms with Gasteiger partial charge in [0.2, 0.25) is 0 Å². The number of hydrogen-bond acceptors (Lipinski definition) is 0. The Kier molecular flexibility index (Phi) is 4.70. The molecule has 0 nitrogen and oxygen atoms in total. The van der Waals surface area contributed by atoms with E-state index >= 15 is 0 Å². The highest BCUT2D eigenvalue weighted by Crippen LogP contribution is 2.08. The summed E-state index contributed by atoms with van der Waals surface area (Å²) in [6.07, 6.45) is 0. The summed E-state index contributed by atoms with van der Waals surface area (Å²) >= 11 is 12.1. The molecule has 1 aromatic carbocycles. The zero-order valence-corrected chi connectivity index (χ0v) is 14.0. The van der Waals surface area contributed by atoms with E-state index < -0.39 is 16.1 Å². The Morgan fingerprint density at radius 3 is 1.19 bits per heavy atom. The first kappa shape index (κ1) is 14.3. The van der Waals surface area contributed by atoms with Crippen LogP contribution >= 0.6 is 23.2 Å². The van der Waals surface area contributed by atoms with Crippen molar-refractivity contribution >= 4 is 49.7 Å². The van der Waals surface area contributed by atoms with E-state index in [0.29, 0.717) is 0 Å². The van der Waals surface area contributed by atoms with Gasteiger partial charge in [0.05, 0.1) is 16.1 Å². The molecule has 4 heteroatoms. The van der Waals surface area contributed by atoms with Crippen LogP contribution in [-0.2, 0) is 0 Å². The Bertz CT molecular complexity index is 310. The van der Waals surface area contributed by atoms with Crippen LogP contribution in [0.5, 0.6) is 0 Å². The largest absolute Gasteiger partial charge is 0.130 e. The summed E-state index contributed by atoms with van der Waals surface area (Å²) in [6.45, 7) is 9.22. The molecule has 0 saturated heterocycles. The van der Waals surface area contributed by atoms with E-state index in [2.05, 4.69) is 50.5 Å². The molecule has 0 amide bonds. The lowest BCUT2D eigenvalue weighted by Gasteiger charge is -2.23. The molecule has 0 N–H and O–H groups in total. The van der Waals surface area contributed by atoms with Crippen molar-refractivity contribution in [2.24, 2.45) is 0 Å². The molecule has 0 radical (unpaired) electrons. The summed E-state index contributed by atoms with van der Waals surface area (Å²) in [7, 11) is -2.80. The normalized spacial score (nSPS) is 12.9. The molecule has 0 aliphatic carbocycles. The summed E-state index contributed by atoms with van der Waals surface area (Å²) in [5.41, 5.74) is 1.56. The first-order chi connectivity index (χ1) is 7.33. The molecule has 0 aliphatic rings. The third kappa shape index (κ3) is 3.13. The second kappa shape index (κ2) is 5.26. The molecular formula is C12H20Cl2Si2. The SMILES string of the molecule is C[Si](C)(CCl)c1ccc([Si](C)(C)CCl)cc1. The van der Waals surface area contributed by atoms with Gasteiger partial charge in [-0.2, -0.15) is 0 Å². The van der Waals surface area contributed by atoms with Gasteiger partial charge in [0.15, 0.2) is 0 Å². The second-order valence-corrected chi connectivity index (χ2v) is 16.4. The highest BCUT2D eigenvalue weighted by atomic mass is 35.5.